The van der Waals surface area contributed by atoms with Gasteiger partial charge in [0.15, 0.2) is 0 Å². The lowest BCUT2D eigenvalue weighted by atomic mass is 9.91. The van der Waals surface area contributed by atoms with E-state index in [1.807, 2.05) is 36.5 Å². The van der Waals surface area contributed by atoms with Gasteiger partial charge in [-0.1, -0.05) is 63.2 Å². The summed E-state index contributed by atoms with van der Waals surface area (Å²) in [5.74, 6) is 0. The lowest BCUT2D eigenvalue weighted by Gasteiger charge is -2.17. The van der Waals surface area contributed by atoms with Crippen molar-refractivity contribution in [3.8, 4) is 0 Å². The first-order valence-electron chi connectivity index (χ1n) is 7.26. The minimum atomic E-state index is 0.205. The summed E-state index contributed by atoms with van der Waals surface area (Å²) in [4.78, 5) is 4.64. The van der Waals surface area contributed by atoms with Crippen LogP contribution in [0.5, 0.6) is 0 Å². The van der Waals surface area contributed by atoms with Gasteiger partial charge in [0, 0.05) is 11.5 Å². The van der Waals surface area contributed by atoms with Crippen LogP contribution in [0.3, 0.4) is 0 Å². The van der Waals surface area contributed by atoms with Gasteiger partial charge < -0.3 is 0 Å². The first-order valence-corrected chi connectivity index (χ1v) is 8.26. The molecule has 1 nitrogen and oxygen atoms in total. The molecule has 0 amide bonds. The van der Waals surface area contributed by atoms with Crippen LogP contribution in [-0.2, 0) is 5.41 Å². The molecule has 0 saturated carbocycles. The third-order valence-corrected chi connectivity index (χ3v) is 5.53. The van der Waals surface area contributed by atoms with Crippen molar-refractivity contribution < 1.29 is 0 Å². The van der Waals surface area contributed by atoms with Crippen LogP contribution in [0.1, 0.15) is 31.4 Å². The highest BCUT2D eigenvalue weighted by atomic mass is 31.0. The monoisotopic (exact) mass is 293 g/mol. The van der Waals surface area contributed by atoms with Crippen LogP contribution in [0.15, 0.2) is 59.6 Å². The van der Waals surface area contributed by atoms with E-state index in [0.29, 0.717) is 8.19 Å². The van der Waals surface area contributed by atoms with Crippen LogP contribution in [0.4, 0.5) is 5.69 Å². The molecule has 1 unspecified atom stereocenters. The summed E-state index contributed by atoms with van der Waals surface area (Å²) in [6.45, 7) is 6.89. The van der Waals surface area contributed by atoms with Crippen LogP contribution >= 0.6 is 8.19 Å². The molecule has 0 N–H and O–H groups in total. The van der Waals surface area contributed by atoms with E-state index < -0.39 is 0 Å². The van der Waals surface area contributed by atoms with Gasteiger partial charge in [-0.2, -0.15) is 0 Å². The standard InChI is InChI=1S/C19H20NP/c1-19(2,3)18-16-12-8-7-11-15(16)17(21-18)13-20-14-9-5-4-6-10-14/h4-13,21H,1-3H3. The molecular weight excluding hydrogens is 273 g/mol. The van der Waals surface area contributed by atoms with Crippen LogP contribution in [0, 0.1) is 0 Å². The van der Waals surface area contributed by atoms with Crippen LogP contribution in [0.2, 0.25) is 0 Å². The SMILES string of the molecule is CC(C)(C)c1[pH]c(C=Nc2ccccc2)c2ccccc12. The molecule has 2 aromatic carbocycles. The highest BCUT2D eigenvalue weighted by Gasteiger charge is 2.19. The normalized spacial score (nSPS) is 12.7. The molecule has 0 bridgehead atoms. The first-order chi connectivity index (χ1) is 10.1. The van der Waals surface area contributed by atoms with Gasteiger partial charge in [0.05, 0.1) is 5.69 Å². The predicted molar refractivity (Wildman–Crippen MR) is 95.8 cm³/mol. The summed E-state index contributed by atoms with van der Waals surface area (Å²) in [6, 6.07) is 18.8. The van der Waals surface area contributed by atoms with Crippen LogP contribution in [-0.4, -0.2) is 6.21 Å². The fraction of sp³-hybridized carbons (Fsp3) is 0.211. The van der Waals surface area contributed by atoms with Crippen molar-refractivity contribution in [2.24, 2.45) is 4.99 Å². The topological polar surface area (TPSA) is 12.4 Å². The van der Waals surface area contributed by atoms with E-state index in [1.165, 1.54) is 21.4 Å². The second kappa shape index (κ2) is 5.50. The number of aliphatic imine (C=N–C) groups is 1. The number of fused-ring (bicyclic) bond motifs is 1. The molecule has 1 atom stereocenters. The Bertz CT molecular complexity index is 776. The maximum Gasteiger partial charge on any atom is 0.0630 e. The molecule has 0 radical (unpaired) electrons. The van der Waals surface area contributed by atoms with Crippen molar-refractivity contribution >= 4 is 30.9 Å². The van der Waals surface area contributed by atoms with E-state index in [4.69, 9.17) is 0 Å². The average molecular weight is 293 g/mol. The molecule has 106 valence electrons. The maximum atomic E-state index is 4.64. The molecule has 0 spiro atoms. The van der Waals surface area contributed by atoms with E-state index >= 15 is 0 Å². The van der Waals surface area contributed by atoms with Gasteiger partial charge >= 0.3 is 0 Å². The zero-order valence-corrected chi connectivity index (χ0v) is 13.7. The van der Waals surface area contributed by atoms with Gasteiger partial charge in [0.1, 0.15) is 0 Å². The van der Waals surface area contributed by atoms with Crippen molar-refractivity contribution in [3.05, 3.63) is 65.2 Å². The second-order valence-electron chi connectivity index (χ2n) is 6.30. The van der Waals surface area contributed by atoms with E-state index in [9.17, 15) is 0 Å². The van der Waals surface area contributed by atoms with E-state index in [1.54, 1.807) is 0 Å². The third kappa shape index (κ3) is 2.94. The molecule has 0 saturated heterocycles. The average Bonchev–Trinajstić information content (AvgIpc) is 2.85. The molecule has 0 aliphatic rings. The first kappa shape index (κ1) is 14.1. The summed E-state index contributed by atoms with van der Waals surface area (Å²) in [5, 5.41) is 5.63. The molecule has 21 heavy (non-hydrogen) atoms. The van der Waals surface area contributed by atoms with Gasteiger partial charge in [0.25, 0.3) is 0 Å². The largest absolute Gasteiger partial charge is 0.256 e. The van der Waals surface area contributed by atoms with Gasteiger partial charge in [-0.15, -0.1) is 8.19 Å². The molecule has 0 fully saturated rings. The van der Waals surface area contributed by atoms with Crippen molar-refractivity contribution in [3.63, 3.8) is 0 Å². The van der Waals surface area contributed by atoms with E-state index in [-0.39, 0.29) is 5.41 Å². The smallest absolute Gasteiger partial charge is 0.0630 e. The Morgan fingerprint density at radius 1 is 0.857 bits per heavy atom. The number of hydrogen-bond acceptors (Lipinski definition) is 1. The minimum Gasteiger partial charge on any atom is -0.256 e. The van der Waals surface area contributed by atoms with Crippen molar-refractivity contribution in [1.29, 1.82) is 0 Å². The Hall–Kier alpha value is -1.85. The van der Waals surface area contributed by atoms with Crippen molar-refractivity contribution in [2.45, 2.75) is 26.2 Å². The van der Waals surface area contributed by atoms with Gasteiger partial charge in [-0.05, 0) is 33.6 Å². The number of benzene rings is 2. The number of hydrogen-bond donors (Lipinski definition) is 0. The molecule has 0 aliphatic heterocycles. The molecular formula is C19H20NP. The zero-order valence-electron chi connectivity index (χ0n) is 12.7. The zero-order chi connectivity index (χ0) is 14.9. The summed E-state index contributed by atoms with van der Waals surface area (Å²) in [5.41, 5.74) is 1.22. The van der Waals surface area contributed by atoms with Gasteiger partial charge in [-0.25, -0.2) is 0 Å². The Balaban J connectivity index is 2.09. The number of nitrogens with zero attached hydrogens (tertiary/aromatic N) is 1. The lowest BCUT2D eigenvalue weighted by molar-refractivity contribution is 0.609. The number of rotatable bonds is 2. The highest BCUT2D eigenvalue weighted by Crippen LogP contribution is 2.41. The maximum absolute atomic E-state index is 4.64. The Morgan fingerprint density at radius 3 is 2.14 bits per heavy atom. The fourth-order valence-corrected chi connectivity index (χ4v) is 4.03. The van der Waals surface area contributed by atoms with Crippen molar-refractivity contribution in [2.75, 3.05) is 0 Å². The minimum absolute atomic E-state index is 0.205. The number of para-hydroxylation sites is 1. The van der Waals surface area contributed by atoms with Crippen LogP contribution < -0.4 is 0 Å². The molecule has 3 rings (SSSR count). The van der Waals surface area contributed by atoms with Gasteiger partial charge in [-0.3, -0.25) is 4.99 Å². The van der Waals surface area contributed by atoms with E-state index in [2.05, 4.69) is 50.0 Å². The summed E-state index contributed by atoms with van der Waals surface area (Å²) >= 11 is 0. The second-order valence-corrected chi connectivity index (χ2v) is 7.59. The molecule has 1 heterocycles. The fourth-order valence-electron chi connectivity index (χ4n) is 2.55. The molecule has 1 aromatic heterocycles. The highest BCUT2D eigenvalue weighted by molar-refractivity contribution is 7.34. The van der Waals surface area contributed by atoms with E-state index in [0.717, 1.165) is 5.69 Å². The quantitative estimate of drug-likeness (QED) is 0.520. The summed E-state index contributed by atoms with van der Waals surface area (Å²) in [7, 11) is 0.716. The van der Waals surface area contributed by atoms with Crippen molar-refractivity contribution in [1.82, 2.24) is 0 Å². The Labute approximate surface area is 127 Å². The van der Waals surface area contributed by atoms with Gasteiger partial charge in [0.2, 0.25) is 0 Å². The molecule has 0 aliphatic carbocycles. The van der Waals surface area contributed by atoms with Crippen LogP contribution in [0.25, 0.3) is 10.8 Å². The third-order valence-electron chi connectivity index (χ3n) is 3.60. The summed E-state index contributed by atoms with van der Waals surface area (Å²) < 4.78 is 0. The Kier molecular flexibility index (Phi) is 3.69. The predicted octanol–water partition coefficient (Wildman–Crippen LogP) is 5.92. The molecule has 2 heteroatoms. The lowest BCUT2D eigenvalue weighted by Crippen LogP contribution is -2.08. The summed E-state index contributed by atoms with van der Waals surface area (Å²) in [6.07, 6.45) is 2.05. The molecule has 3 aromatic rings. The Morgan fingerprint density at radius 2 is 1.48 bits per heavy atom.